The predicted octanol–water partition coefficient (Wildman–Crippen LogP) is 3.27. The fourth-order valence-electron chi connectivity index (χ4n) is 3.13. The van der Waals surface area contributed by atoms with E-state index in [9.17, 15) is 19.5 Å². The number of aliphatic carboxylic acids is 1. The van der Waals surface area contributed by atoms with Crippen molar-refractivity contribution in [2.24, 2.45) is 0 Å². The summed E-state index contributed by atoms with van der Waals surface area (Å²) < 4.78 is 15.0. The maximum atomic E-state index is 12.9. The highest BCUT2D eigenvalue weighted by Crippen LogP contribution is 2.23. The van der Waals surface area contributed by atoms with Crippen LogP contribution in [0, 0.1) is 0 Å². The number of esters is 1. The standard InChI is InChI=1S/C25H26ClN3O8/c1-2-4-23(31)36-15-35-22-12-21(37-28-22)24(32)29(14-20(30)25(33)34)27-13-16-7-9-17(10-8-16)18-5-3-6-19(26)11-18/h3,5-12,20,27,30H,2,4,13-15H2,1H3,(H,33,34). The third-order valence-electron chi connectivity index (χ3n) is 5.05. The number of aliphatic hydroxyl groups is 1. The molecule has 12 heteroatoms. The van der Waals surface area contributed by atoms with Crippen LogP contribution in [0.25, 0.3) is 11.1 Å². The van der Waals surface area contributed by atoms with Crippen molar-refractivity contribution in [1.29, 1.82) is 0 Å². The van der Waals surface area contributed by atoms with Gasteiger partial charge in [-0.05, 0) is 40.4 Å². The Morgan fingerprint density at radius 1 is 1.14 bits per heavy atom. The first-order valence-electron chi connectivity index (χ1n) is 11.3. The maximum Gasteiger partial charge on any atom is 0.334 e. The zero-order valence-corrected chi connectivity index (χ0v) is 20.7. The first kappa shape index (κ1) is 27.7. The van der Waals surface area contributed by atoms with Gasteiger partial charge in [0.05, 0.1) is 12.6 Å². The highest BCUT2D eigenvalue weighted by Gasteiger charge is 2.26. The number of carboxylic acid groups (broad SMARTS) is 1. The van der Waals surface area contributed by atoms with E-state index < -0.39 is 37.3 Å². The first-order valence-corrected chi connectivity index (χ1v) is 11.7. The van der Waals surface area contributed by atoms with Crippen molar-refractivity contribution >= 4 is 29.4 Å². The van der Waals surface area contributed by atoms with Gasteiger partial charge < -0.3 is 24.2 Å². The number of hydrazine groups is 1. The summed E-state index contributed by atoms with van der Waals surface area (Å²) in [5, 5.41) is 24.0. The number of carboxylic acids is 1. The number of carbonyl (C=O) groups excluding carboxylic acids is 2. The van der Waals surface area contributed by atoms with Crippen LogP contribution in [0.15, 0.2) is 59.1 Å². The van der Waals surface area contributed by atoms with Crippen LogP contribution in [0.4, 0.5) is 0 Å². The van der Waals surface area contributed by atoms with Gasteiger partial charge in [0.2, 0.25) is 12.6 Å². The quantitative estimate of drug-likeness (QED) is 0.170. The molecule has 3 N–H and O–H groups in total. The van der Waals surface area contributed by atoms with Crippen molar-refractivity contribution in [3.63, 3.8) is 0 Å². The van der Waals surface area contributed by atoms with Gasteiger partial charge in [-0.15, -0.1) is 0 Å². The summed E-state index contributed by atoms with van der Waals surface area (Å²) in [6.45, 7) is 0.984. The molecule has 0 bridgehead atoms. The normalized spacial score (nSPS) is 11.5. The molecule has 2 aromatic carbocycles. The number of hydrogen-bond acceptors (Lipinski definition) is 9. The average Bonchev–Trinajstić information content (AvgIpc) is 3.35. The number of hydrogen-bond donors (Lipinski definition) is 3. The zero-order chi connectivity index (χ0) is 26.8. The molecule has 11 nitrogen and oxygen atoms in total. The molecule has 196 valence electrons. The summed E-state index contributed by atoms with van der Waals surface area (Å²) in [7, 11) is 0. The Labute approximate surface area is 217 Å². The lowest BCUT2D eigenvalue weighted by Crippen LogP contribution is -2.48. The second kappa shape index (κ2) is 13.4. The summed E-state index contributed by atoms with van der Waals surface area (Å²) in [6.07, 6.45) is -0.987. The van der Waals surface area contributed by atoms with Crippen LogP contribution in [-0.4, -0.2) is 57.7 Å². The van der Waals surface area contributed by atoms with Crippen LogP contribution < -0.4 is 10.2 Å². The molecular formula is C25H26ClN3O8. The lowest BCUT2D eigenvalue weighted by molar-refractivity contribution is -0.150. The molecule has 0 saturated heterocycles. The van der Waals surface area contributed by atoms with E-state index >= 15 is 0 Å². The van der Waals surface area contributed by atoms with Crippen LogP contribution >= 0.6 is 11.6 Å². The predicted molar refractivity (Wildman–Crippen MR) is 131 cm³/mol. The number of halogens is 1. The van der Waals surface area contributed by atoms with Crippen LogP contribution in [0.5, 0.6) is 5.88 Å². The second-order valence-electron chi connectivity index (χ2n) is 7.87. The molecule has 1 unspecified atom stereocenters. The third-order valence-corrected chi connectivity index (χ3v) is 5.29. The van der Waals surface area contributed by atoms with E-state index in [0.717, 1.165) is 27.8 Å². The van der Waals surface area contributed by atoms with Crippen LogP contribution in [-0.2, 0) is 20.9 Å². The minimum Gasteiger partial charge on any atom is -0.479 e. The number of aromatic nitrogens is 1. The van der Waals surface area contributed by atoms with Crippen molar-refractivity contribution in [1.82, 2.24) is 15.6 Å². The molecule has 0 aliphatic carbocycles. The maximum absolute atomic E-state index is 12.9. The molecule has 0 spiro atoms. The number of rotatable bonds is 13. The number of ether oxygens (including phenoxy) is 2. The number of aliphatic hydroxyl groups excluding tert-OH is 1. The lowest BCUT2D eigenvalue weighted by Gasteiger charge is -2.23. The Balaban J connectivity index is 1.65. The molecule has 0 radical (unpaired) electrons. The Morgan fingerprint density at radius 2 is 1.89 bits per heavy atom. The molecule has 1 amide bonds. The molecule has 3 aromatic rings. The highest BCUT2D eigenvalue weighted by atomic mass is 35.5. The van der Waals surface area contributed by atoms with Gasteiger partial charge in [0.25, 0.3) is 5.88 Å². The number of amides is 1. The van der Waals surface area contributed by atoms with Crippen LogP contribution in [0.2, 0.25) is 5.02 Å². The third kappa shape index (κ3) is 8.31. The van der Waals surface area contributed by atoms with Crippen molar-refractivity contribution in [3.8, 4) is 17.0 Å². The molecule has 0 aliphatic rings. The van der Waals surface area contributed by atoms with Gasteiger partial charge in [-0.1, -0.05) is 54.9 Å². The topological polar surface area (TPSA) is 151 Å². The molecule has 0 fully saturated rings. The largest absolute Gasteiger partial charge is 0.479 e. The summed E-state index contributed by atoms with van der Waals surface area (Å²) >= 11 is 6.06. The number of carbonyl (C=O) groups is 3. The van der Waals surface area contributed by atoms with Gasteiger partial charge in [-0.3, -0.25) is 14.6 Å². The smallest absolute Gasteiger partial charge is 0.334 e. The van der Waals surface area contributed by atoms with Gasteiger partial charge in [0, 0.05) is 18.0 Å². The Kier molecular flexibility index (Phi) is 10.0. The molecule has 3 rings (SSSR count). The van der Waals surface area contributed by atoms with Crippen molar-refractivity contribution in [2.45, 2.75) is 32.4 Å². The van der Waals surface area contributed by atoms with E-state index in [4.69, 9.17) is 30.7 Å². The number of nitrogens with one attached hydrogen (secondary N) is 1. The van der Waals surface area contributed by atoms with Gasteiger partial charge in [0.15, 0.2) is 6.10 Å². The van der Waals surface area contributed by atoms with Gasteiger partial charge in [-0.25, -0.2) is 10.2 Å². The van der Waals surface area contributed by atoms with Crippen molar-refractivity contribution < 1.29 is 38.6 Å². The van der Waals surface area contributed by atoms with Gasteiger partial charge in [-0.2, -0.15) is 0 Å². The van der Waals surface area contributed by atoms with Gasteiger partial charge >= 0.3 is 17.8 Å². The average molecular weight is 532 g/mol. The fraction of sp³-hybridized carbons (Fsp3) is 0.280. The molecule has 37 heavy (non-hydrogen) atoms. The SMILES string of the molecule is CCCC(=O)OCOc1cc(C(=O)N(CC(O)C(=O)O)NCc2ccc(-c3cccc(Cl)c3)cc2)on1. The highest BCUT2D eigenvalue weighted by molar-refractivity contribution is 6.30. The van der Waals surface area contributed by atoms with Crippen LogP contribution in [0.1, 0.15) is 35.9 Å². The first-order chi connectivity index (χ1) is 17.8. The van der Waals surface area contributed by atoms with E-state index in [2.05, 4.69) is 10.6 Å². The number of benzene rings is 2. The molecule has 1 atom stereocenters. The van der Waals surface area contributed by atoms with E-state index in [1.807, 2.05) is 49.4 Å². The van der Waals surface area contributed by atoms with E-state index in [1.54, 1.807) is 6.07 Å². The Hall–Kier alpha value is -3.93. The summed E-state index contributed by atoms with van der Waals surface area (Å²) in [4.78, 5) is 35.5. The van der Waals surface area contributed by atoms with E-state index in [-0.39, 0.29) is 24.6 Å². The minimum absolute atomic E-state index is 0.108. The van der Waals surface area contributed by atoms with Crippen molar-refractivity contribution in [2.75, 3.05) is 13.3 Å². The fourth-order valence-corrected chi connectivity index (χ4v) is 3.32. The minimum atomic E-state index is -1.85. The number of nitrogens with zero attached hydrogens (tertiary/aromatic N) is 2. The molecule has 0 aliphatic heterocycles. The monoisotopic (exact) mass is 531 g/mol. The summed E-state index contributed by atoms with van der Waals surface area (Å²) in [5.74, 6) is -3.12. The summed E-state index contributed by atoms with van der Waals surface area (Å²) in [5.41, 5.74) is 5.47. The molecule has 0 saturated carbocycles. The lowest BCUT2D eigenvalue weighted by atomic mass is 10.0. The van der Waals surface area contributed by atoms with E-state index in [0.29, 0.717) is 11.4 Å². The summed E-state index contributed by atoms with van der Waals surface area (Å²) in [6, 6.07) is 16.0. The Morgan fingerprint density at radius 3 is 2.57 bits per heavy atom. The molecular weight excluding hydrogens is 506 g/mol. The van der Waals surface area contributed by atoms with Crippen LogP contribution in [0.3, 0.4) is 0 Å². The van der Waals surface area contributed by atoms with Gasteiger partial charge in [0.1, 0.15) is 0 Å². The van der Waals surface area contributed by atoms with E-state index in [1.165, 1.54) is 0 Å². The molecule has 1 heterocycles. The Bertz CT molecular complexity index is 1210. The van der Waals surface area contributed by atoms with Crippen molar-refractivity contribution in [3.05, 3.63) is 70.9 Å². The zero-order valence-electron chi connectivity index (χ0n) is 19.9. The second-order valence-corrected chi connectivity index (χ2v) is 8.31. The molecule has 1 aromatic heterocycles.